The summed E-state index contributed by atoms with van der Waals surface area (Å²) in [6.45, 7) is 11.3. The predicted molar refractivity (Wildman–Crippen MR) is 249 cm³/mol. The van der Waals surface area contributed by atoms with Crippen LogP contribution < -0.4 is 10.6 Å². The minimum absolute atomic E-state index is 0.0241. The lowest BCUT2D eigenvalue weighted by Gasteiger charge is -2.20. The normalized spacial score (nSPS) is 12.6. The van der Waals surface area contributed by atoms with Crippen LogP contribution in [-0.2, 0) is 21.9 Å². The fourth-order valence-corrected chi connectivity index (χ4v) is 7.92. The molecule has 6 rings (SSSR count). The predicted octanol–water partition coefficient (Wildman–Crippen LogP) is 17.1. The second-order valence-corrected chi connectivity index (χ2v) is 17.7. The summed E-state index contributed by atoms with van der Waals surface area (Å²) in [5, 5.41) is 7.39. The standard InChI is InChI=1S/C26H24Cl2F3NO.C26H25F4NO/c1-15(2)8-25(16(3)33)19-9-18(17-4-6-20(7-5-17)26(29,30)31)10-23(11-19)32-24-13-21(27)12-22(28)14-24;1-16(2)12-25(17(3)32)20-13-19(18-4-6-21(7-5-18)26(28,29)30)14-24(15-20)31-23-10-8-22(27)9-11-23/h4-7,9-15,25,32H,8H2,1-3H3;4-11,13-16,25,31H,12H2,1-3H3. The van der Waals surface area contributed by atoms with Crippen molar-refractivity contribution in [3.63, 3.8) is 0 Å². The van der Waals surface area contributed by atoms with E-state index in [-0.39, 0.29) is 41.1 Å². The van der Waals surface area contributed by atoms with Crippen molar-refractivity contribution in [1.29, 1.82) is 0 Å². The smallest absolute Gasteiger partial charge is 0.355 e. The maximum absolute atomic E-state index is 13.3. The molecule has 0 aliphatic rings. The molecule has 65 heavy (non-hydrogen) atoms. The molecule has 0 spiro atoms. The number of carbonyl (C=O) groups excluding carboxylic acids is 2. The highest BCUT2D eigenvalue weighted by Gasteiger charge is 2.31. The number of rotatable bonds is 14. The summed E-state index contributed by atoms with van der Waals surface area (Å²) in [4.78, 5) is 24.9. The fraction of sp³-hybridized carbons (Fsp3) is 0.269. The van der Waals surface area contributed by atoms with Gasteiger partial charge in [0.15, 0.2) is 0 Å². The number of anilines is 4. The number of hydrogen-bond donors (Lipinski definition) is 2. The van der Waals surface area contributed by atoms with Gasteiger partial charge in [-0.3, -0.25) is 9.59 Å². The topological polar surface area (TPSA) is 58.2 Å². The van der Waals surface area contributed by atoms with Gasteiger partial charge in [-0.2, -0.15) is 26.3 Å². The minimum Gasteiger partial charge on any atom is -0.355 e. The van der Waals surface area contributed by atoms with Crippen LogP contribution in [-0.4, -0.2) is 11.6 Å². The van der Waals surface area contributed by atoms with Crippen molar-refractivity contribution >= 4 is 57.5 Å². The molecule has 0 radical (unpaired) electrons. The Kier molecular flexibility index (Phi) is 16.7. The number of benzene rings is 6. The Bertz CT molecular complexity index is 2550. The SMILES string of the molecule is CC(=O)C(CC(C)C)c1cc(Nc2cc(Cl)cc(Cl)c2)cc(-c2ccc(C(F)(F)F)cc2)c1.CC(=O)C(CC(C)C)c1cc(Nc2ccc(F)cc2)cc(-c2ccc(C(F)(F)F)cc2)c1. The Labute approximate surface area is 385 Å². The van der Waals surface area contributed by atoms with Gasteiger partial charge in [0.1, 0.15) is 17.4 Å². The van der Waals surface area contributed by atoms with Crippen molar-refractivity contribution in [2.24, 2.45) is 11.8 Å². The zero-order valence-corrected chi connectivity index (χ0v) is 38.1. The zero-order chi connectivity index (χ0) is 47.8. The molecule has 6 aromatic carbocycles. The molecule has 0 fully saturated rings. The zero-order valence-electron chi connectivity index (χ0n) is 36.6. The average Bonchev–Trinajstić information content (AvgIpc) is 3.21. The van der Waals surface area contributed by atoms with E-state index in [1.165, 1.54) is 36.4 Å². The van der Waals surface area contributed by atoms with Gasteiger partial charge in [0.25, 0.3) is 0 Å². The van der Waals surface area contributed by atoms with Crippen molar-refractivity contribution in [2.45, 2.75) is 78.6 Å². The van der Waals surface area contributed by atoms with E-state index in [0.717, 1.165) is 35.4 Å². The maximum atomic E-state index is 13.3. The second-order valence-electron chi connectivity index (χ2n) is 16.8. The van der Waals surface area contributed by atoms with E-state index in [2.05, 4.69) is 10.6 Å². The van der Waals surface area contributed by atoms with Crippen molar-refractivity contribution in [1.82, 2.24) is 0 Å². The molecule has 2 N–H and O–H groups in total. The van der Waals surface area contributed by atoms with Crippen molar-refractivity contribution < 1.29 is 40.3 Å². The summed E-state index contributed by atoms with van der Waals surface area (Å²) in [6.07, 6.45) is -7.50. The molecule has 13 heteroatoms. The lowest BCUT2D eigenvalue weighted by Crippen LogP contribution is -2.12. The fourth-order valence-electron chi connectivity index (χ4n) is 7.40. The van der Waals surface area contributed by atoms with Crippen LogP contribution in [0.5, 0.6) is 0 Å². The Hall–Kier alpha value is -5.65. The number of halogens is 9. The van der Waals surface area contributed by atoms with Crippen molar-refractivity contribution in [3.05, 3.63) is 166 Å². The molecule has 2 unspecified atom stereocenters. The van der Waals surface area contributed by atoms with Crippen LogP contribution in [0, 0.1) is 17.7 Å². The third kappa shape index (κ3) is 14.7. The largest absolute Gasteiger partial charge is 0.416 e. The molecule has 342 valence electrons. The van der Waals surface area contributed by atoms with Gasteiger partial charge in [0, 0.05) is 44.6 Å². The lowest BCUT2D eigenvalue weighted by atomic mass is 9.85. The van der Waals surface area contributed by atoms with Gasteiger partial charge in [-0.25, -0.2) is 4.39 Å². The highest BCUT2D eigenvalue weighted by molar-refractivity contribution is 6.35. The van der Waals surface area contributed by atoms with Crippen molar-refractivity contribution in [3.8, 4) is 22.3 Å². The first-order valence-electron chi connectivity index (χ1n) is 20.9. The summed E-state index contributed by atoms with van der Waals surface area (Å²) < 4.78 is 91.2. The summed E-state index contributed by atoms with van der Waals surface area (Å²) in [5.74, 6) is -0.394. The molecule has 4 nitrogen and oxygen atoms in total. The first kappa shape index (κ1) is 50.4. The summed E-state index contributed by atoms with van der Waals surface area (Å²) in [6, 6.07) is 32.0. The van der Waals surface area contributed by atoms with Crippen LogP contribution in [0.15, 0.2) is 127 Å². The van der Waals surface area contributed by atoms with Crippen LogP contribution in [0.1, 0.15) is 88.5 Å². The van der Waals surface area contributed by atoms with Gasteiger partial charge in [-0.05, 0) is 163 Å². The molecule has 6 aromatic rings. The van der Waals surface area contributed by atoms with E-state index in [1.54, 1.807) is 44.2 Å². The molecular weight excluding hydrogens is 888 g/mol. The third-order valence-electron chi connectivity index (χ3n) is 10.5. The Morgan fingerprint density at radius 3 is 1.17 bits per heavy atom. The van der Waals surface area contributed by atoms with Gasteiger partial charge in [-0.15, -0.1) is 0 Å². The molecular formula is C52H49Cl2F7N2O2. The molecule has 0 heterocycles. The van der Waals surface area contributed by atoms with E-state index < -0.39 is 23.5 Å². The average molecular weight is 938 g/mol. The molecule has 0 saturated carbocycles. The van der Waals surface area contributed by atoms with Gasteiger partial charge in [0.05, 0.1) is 11.1 Å². The molecule has 0 amide bonds. The summed E-state index contributed by atoms with van der Waals surface area (Å²) >= 11 is 12.2. The van der Waals surface area contributed by atoms with Gasteiger partial charge < -0.3 is 10.6 Å². The third-order valence-corrected chi connectivity index (χ3v) is 10.9. The molecule has 2 atom stereocenters. The van der Waals surface area contributed by atoms with Crippen LogP contribution >= 0.6 is 23.2 Å². The Morgan fingerprint density at radius 2 is 0.831 bits per heavy atom. The van der Waals surface area contributed by atoms with Crippen LogP contribution in [0.2, 0.25) is 10.0 Å². The highest BCUT2D eigenvalue weighted by atomic mass is 35.5. The molecule has 0 aliphatic carbocycles. The highest BCUT2D eigenvalue weighted by Crippen LogP contribution is 2.38. The molecule has 0 saturated heterocycles. The first-order chi connectivity index (χ1) is 30.4. The van der Waals surface area contributed by atoms with Gasteiger partial charge in [-0.1, -0.05) is 87.3 Å². The van der Waals surface area contributed by atoms with E-state index in [9.17, 15) is 40.3 Å². The lowest BCUT2D eigenvalue weighted by molar-refractivity contribution is -0.138. The Balaban J connectivity index is 0.000000244. The first-order valence-corrected chi connectivity index (χ1v) is 21.6. The van der Waals surface area contributed by atoms with Crippen LogP contribution in [0.4, 0.5) is 53.5 Å². The Morgan fingerprint density at radius 1 is 0.477 bits per heavy atom. The summed E-state index contributed by atoms with van der Waals surface area (Å²) in [5.41, 5.74) is 5.42. The number of nitrogens with one attached hydrogen (secondary N) is 2. The quantitative estimate of drug-likeness (QED) is 0.107. The van der Waals surface area contributed by atoms with Gasteiger partial charge >= 0.3 is 12.4 Å². The molecule has 0 bridgehead atoms. The van der Waals surface area contributed by atoms with Crippen LogP contribution in [0.3, 0.4) is 0 Å². The van der Waals surface area contributed by atoms with Gasteiger partial charge in [0.2, 0.25) is 0 Å². The van der Waals surface area contributed by atoms with Crippen molar-refractivity contribution in [2.75, 3.05) is 10.6 Å². The minimum atomic E-state index is -4.41. The number of hydrogen-bond acceptors (Lipinski definition) is 4. The monoisotopic (exact) mass is 936 g/mol. The molecule has 0 aromatic heterocycles. The number of ketones is 2. The van der Waals surface area contributed by atoms with Crippen LogP contribution in [0.25, 0.3) is 22.3 Å². The second kappa shape index (κ2) is 21.6. The number of carbonyl (C=O) groups is 2. The number of Topliss-reactive ketones (excluding diaryl/α,β-unsaturated/α-hetero) is 2. The summed E-state index contributed by atoms with van der Waals surface area (Å²) in [7, 11) is 0. The van der Waals surface area contributed by atoms with E-state index >= 15 is 0 Å². The molecule has 0 aliphatic heterocycles. The maximum Gasteiger partial charge on any atom is 0.416 e. The van der Waals surface area contributed by atoms with E-state index in [4.69, 9.17) is 23.2 Å². The number of alkyl halides is 6. The van der Waals surface area contributed by atoms with E-state index in [0.29, 0.717) is 67.9 Å². The van der Waals surface area contributed by atoms with E-state index in [1.807, 2.05) is 64.1 Å².